The summed E-state index contributed by atoms with van der Waals surface area (Å²) >= 11 is 1.65. The summed E-state index contributed by atoms with van der Waals surface area (Å²) in [6.45, 7) is 6.35. The first-order valence-electron chi connectivity index (χ1n) is 6.58. The number of nitrogens with zero attached hydrogens (tertiary/aromatic N) is 4. The van der Waals surface area contributed by atoms with Crippen molar-refractivity contribution in [1.29, 1.82) is 0 Å². The Morgan fingerprint density at radius 3 is 2.72 bits per heavy atom. The molecule has 6 heteroatoms. The van der Waals surface area contributed by atoms with Crippen molar-refractivity contribution in [2.24, 2.45) is 5.73 Å². The minimum atomic E-state index is 0.293. The molecule has 2 unspecified atom stereocenters. The quantitative estimate of drug-likeness (QED) is 0.872. The number of nitrogens with two attached hydrogens (primary N) is 1. The molecule has 2 atom stereocenters. The van der Waals surface area contributed by atoms with Crippen LogP contribution in [-0.2, 0) is 6.42 Å². The van der Waals surface area contributed by atoms with Gasteiger partial charge in [0.2, 0.25) is 4.96 Å². The summed E-state index contributed by atoms with van der Waals surface area (Å²) < 4.78 is 1.88. The van der Waals surface area contributed by atoms with E-state index in [1.807, 2.05) is 4.52 Å². The normalized spacial score (nSPS) is 15.1. The number of rotatable bonds is 6. The number of fused-ring (bicyclic) bond motifs is 1. The molecule has 0 bridgehead atoms. The van der Waals surface area contributed by atoms with Crippen LogP contribution in [0.15, 0.2) is 0 Å². The average Bonchev–Trinajstić information content (AvgIpc) is 2.87. The van der Waals surface area contributed by atoms with Gasteiger partial charge in [0.1, 0.15) is 5.01 Å². The topological polar surface area (TPSA) is 69.1 Å². The number of hydrogen-bond acceptors (Lipinski definition) is 5. The monoisotopic (exact) mass is 267 g/mol. The maximum absolute atomic E-state index is 5.76. The molecule has 0 fully saturated rings. The maximum Gasteiger partial charge on any atom is 0.234 e. The van der Waals surface area contributed by atoms with Crippen LogP contribution < -0.4 is 5.73 Å². The standard InChI is InChI=1S/C12H21N5S/c1-4-10-14-15-12-17(10)16-11(18-12)8(2)6-5-7-9(3)13/h8-9H,4-7,13H2,1-3H3. The van der Waals surface area contributed by atoms with Gasteiger partial charge in [-0.05, 0) is 19.8 Å². The number of hydrogen-bond donors (Lipinski definition) is 1. The zero-order valence-electron chi connectivity index (χ0n) is 11.3. The van der Waals surface area contributed by atoms with Crippen molar-refractivity contribution < 1.29 is 0 Å². The smallest absolute Gasteiger partial charge is 0.234 e. The minimum absolute atomic E-state index is 0.293. The number of aryl methyl sites for hydroxylation is 1. The third-order valence-electron chi connectivity index (χ3n) is 3.11. The van der Waals surface area contributed by atoms with Gasteiger partial charge in [-0.3, -0.25) is 0 Å². The van der Waals surface area contributed by atoms with E-state index < -0.39 is 0 Å². The molecule has 0 radical (unpaired) electrons. The van der Waals surface area contributed by atoms with Crippen LogP contribution in [0, 0.1) is 0 Å². The molecule has 2 rings (SSSR count). The first-order chi connectivity index (χ1) is 8.61. The summed E-state index contributed by atoms with van der Waals surface area (Å²) in [7, 11) is 0. The van der Waals surface area contributed by atoms with E-state index in [4.69, 9.17) is 5.73 Å². The van der Waals surface area contributed by atoms with Crippen LogP contribution in [0.25, 0.3) is 4.96 Å². The highest BCUT2D eigenvalue weighted by Gasteiger charge is 2.15. The molecule has 2 aromatic rings. The van der Waals surface area contributed by atoms with E-state index in [9.17, 15) is 0 Å². The molecule has 0 saturated heterocycles. The Balaban J connectivity index is 2.03. The third-order valence-corrected chi connectivity index (χ3v) is 4.24. The predicted molar refractivity (Wildman–Crippen MR) is 74.0 cm³/mol. The van der Waals surface area contributed by atoms with Crippen LogP contribution in [0.5, 0.6) is 0 Å². The van der Waals surface area contributed by atoms with Gasteiger partial charge in [-0.15, -0.1) is 10.2 Å². The molecule has 2 N–H and O–H groups in total. The lowest BCUT2D eigenvalue weighted by Gasteiger charge is -2.08. The SMILES string of the molecule is CCc1nnc2sc(C(C)CCCC(C)N)nn12. The van der Waals surface area contributed by atoms with Gasteiger partial charge in [-0.2, -0.15) is 9.61 Å². The number of aromatic nitrogens is 4. The first-order valence-corrected chi connectivity index (χ1v) is 7.40. The fourth-order valence-electron chi connectivity index (χ4n) is 1.96. The second kappa shape index (κ2) is 5.75. The van der Waals surface area contributed by atoms with Crippen LogP contribution in [-0.4, -0.2) is 25.9 Å². The second-order valence-electron chi connectivity index (χ2n) is 4.91. The third kappa shape index (κ3) is 2.87. The maximum atomic E-state index is 5.76. The lowest BCUT2D eigenvalue weighted by molar-refractivity contribution is 0.552. The lowest BCUT2D eigenvalue weighted by atomic mass is 10.0. The highest BCUT2D eigenvalue weighted by atomic mass is 32.1. The predicted octanol–water partition coefficient (Wildman–Crippen LogP) is 2.37. The molecule has 100 valence electrons. The molecule has 2 heterocycles. The highest BCUT2D eigenvalue weighted by molar-refractivity contribution is 7.16. The Hall–Kier alpha value is -1.01. The summed E-state index contributed by atoms with van der Waals surface area (Å²) in [5.74, 6) is 1.41. The van der Waals surface area contributed by atoms with Gasteiger partial charge in [0.25, 0.3) is 0 Å². The van der Waals surface area contributed by atoms with E-state index in [0.717, 1.165) is 41.5 Å². The van der Waals surface area contributed by atoms with E-state index in [2.05, 4.69) is 36.1 Å². The molecule has 18 heavy (non-hydrogen) atoms. The summed E-state index contributed by atoms with van der Waals surface area (Å²) in [6, 6.07) is 0.293. The van der Waals surface area contributed by atoms with Gasteiger partial charge in [0, 0.05) is 18.4 Å². The van der Waals surface area contributed by atoms with Crippen molar-refractivity contribution in [3.05, 3.63) is 10.8 Å². The summed E-state index contributed by atoms with van der Waals surface area (Å²) in [4.78, 5) is 0.904. The van der Waals surface area contributed by atoms with Crippen LogP contribution in [0.1, 0.15) is 56.8 Å². The van der Waals surface area contributed by atoms with Crippen molar-refractivity contribution in [3.8, 4) is 0 Å². The van der Waals surface area contributed by atoms with Crippen LogP contribution in [0.4, 0.5) is 0 Å². The molecule has 0 aromatic carbocycles. The fourth-order valence-corrected chi connectivity index (χ4v) is 2.90. The zero-order chi connectivity index (χ0) is 13.1. The van der Waals surface area contributed by atoms with Crippen LogP contribution >= 0.6 is 11.3 Å². The van der Waals surface area contributed by atoms with E-state index in [0.29, 0.717) is 12.0 Å². The van der Waals surface area contributed by atoms with Gasteiger partial charge in [0.15, 0.2) is 5.82 Å². The molecule has 2 aromatic heterocycles. The van der Waals surface area contributed by atoms with E-state index in [1.165, 1.54) is 0 Å². The van der Waals surface area contributed by atoms with E-state index in [1.54, 1.807) is 11.3 Å². The molecule has 0 spiro atoms. The Bertz CT molecular complexity index is 502. The van der Waals surface area contributed by atoms with Gasteiger partial charge < -0.3 is 5.73 Å². The molecule has 0 aliphatic heterocycles. The molecule has 5 nitrogen and oxygen atoms in total. The van der Waals surface area contributed by atoms with Crippen molar-refractivity contribution in [2.75, 3.05) is 0 Å². The molecular formula is C12H21N5S. The summed E-state index contributed by atoms with van der Waals surface area (Å²) in [6.07, 6.45) is 4.23. The Kier molecular flexibility index (Phi) is 4.29. The lowest BCUT2D eigenvalue weighted by Crippen LogP contribution is -2.14. The van der Waals surface area contributed by atoms with Gasteiger partial charge in [0.05, 0.1) is 0 Å². The average molecular weight is 267 g/mol. The molecule has 0 aliphatic rings. The second-order valence-corrected chi connectivity index (χ2v) is 5.90. The van der Waals surface area contributed by atoms with Crippen LogP contribution in [0.3, 0.4) is 0 Å². The van der Waals surface area contributed by atoms with Crippen molar-refractivity contribution in [2.45, 2.75) is 58.4 Å². The first kappa shape index (κ1) is 13.4. The summed E-state index contributed by atoms with van der Waals surface area (Å²) in [5.41, 5.74) is 5.76. The molecule has 0 amide bonds. The van der Waals surface area contributed by atoms with E-state index >= 15 is 0 Å². The fraction of sp³-hybridized carbons (Fsp3) is 0.750. The van der Waals surface area contributed by atoms with Gasteiger partial charge >= 0.3 is 0 Å². The van der Waals surface area contributed by atoms with Gasteiger partial charge in [-0.25, -0.2) is 0 Å². The van der Waals surface area contributed by atoms with Gasteiger partial charge in [-0.1, -0.05) is 31.6 Å². The molecular weight excluding hydrogens is 246 g/mol. The Labute approximate surface area is 111 Å². The van der Waals surface area contributed by atoms with Crippen molar-refractivity contribution >= 4 is 16.3 Å². The minimum Gasteiger partial charge on any atom is -0.328 e. The Morgan fingerprint density at radius 1 is 1.28 bits per heavy atom. The molecule has 0 saturated carbocycles. The largest absolute Gasteiger partial charge is 0.328 e. The zero-order valence-corrected chi connectivity index (χ0v) is 12.1. The highest BCUT2D eigenvalue weighted by Crippen LogP contribution is 2.26. The Morgan fingerprint density at radius 2 is 2.06 bits per heavy atom. The van der Waals surface area contributed by atoms with Crippen LogP contribution in [0.2, 0.25) is 0 Å². The van der Waals surface area contributed by atoms with Crippen molar-refractivity contribution in [1.82, 2.24) is 19.8 Å². The van der Waals surface area contributed by atoms with Crippen molar-refractivity contribution in [3.63, 3.8) is 0 Å². The summed E-state index contributed by atoms with van der Waals surface area (Å²) in [5, 5.41) is 14.0. The molecule has 0 aliphatic carbocycles. The van der Waals surface area contributed by atoms with E-state index in [-0.39, 0.29) is 0 Å².